The molecule has 0 saturated carbocycles. The summed E-state index contributed by atoms with van der Waals surface area (Å²) in [5.74, 6) is -0.780. The zero-order chi connectivity index (χ0) is 20.6. The molecule has 1 aliphatic heterocycles. The molecule has 28 heavy (non-hydrogen) atoms. The Morgan fingerprint density at radius 2 is 1.68 bits per heavy atom. The van der Waals surface area contributed by atoms with E-state index in [1.54, 1.807) is 30.9 Å². The number of hydrogen-bond acceptors (Lipinski definition) is 5. The number of benzene rings is 1. The van der Waals surface area contributed by atoms with Crippen LogP contribution in [0.5, 0.6) is 0 Å². The van der Waals surface area contributed by atoms with Crippen LogP contribution in [0.1, 0.15) is 38.7 Å². The first-order valence-corrected chi connectivity index (χ1v) is 11.0. The average molecular weight is 409 g/mol. The van der Waals surface area contributed by atoms with Crippen molar-refractivity contribution >= 4 is 28.0 Å². The molecule has 0 spiro atoms. The van der Waals surface area contributed by atoms with Gasteiger partial charge >= 0.3 is 5.97 Å². The molecular formula is C20H28N2O5S. The number of nitrogens with zero attached hydrogens (tertiary/aromatic N) is 2. The van der Waals surface area contributed by atoms with E-state index in [2.05, 4.69) is 0 Å². The van der Waals surface area contributed by atoms with Gasteiger partial charge in [-0.2, -0.15) is 4.31 Å². The van der Waals surface area contributed by atoms with Crippen molar-refractivity contribution in [1.29, 1.82) is 0 Å². The maximum Gasteiger partial charge on any atom is 0.331 e. The predicted octanol–water partition coefficient (Wildman–Crippen LogP) is 2.29. The quantitative estimate of drug-likeness (QED) is 0.487. The number of piperidine rings is 1. The number of amides is 1. The van der Waals surface area contributed by atoms with Crippen molar-refractivity contribution in [3.8, 4) is 0 Å². The van der Waals surface area contributed by atoms with Gasteiger partial charge in [0, 0.05) is 32.3 Å². The lowest BCUT2D eigenvalue weighted by molar-refractivity contribution is -0.148. The molecule has 1 aliphatic rings. The highest BCUT2D eigenvalue weighted by Crippen LogP contribution is 2.17. The van der Waals surface area contributed by atoms with E-state index in [0.717, 1.165) is 32.4 Å². The fourth-order valence-corrected chi connectivity index (χ4v) is 4.50. The second kappa shape index (κ2) is 10.4. The summed E-state index contributed by atoms with van der Waals surface area (Å²) in [4.78, 5) is 25.7. The molecule has 1 saturated heterocycles. The van der Waals surface area contributed by atoms with Crippen molar-refractivity contribution in [2.24, 2.45) is 0 Å². The molecule has 1 aromatic carbocycles. The van der Waals surface area contributed by atoms with Crippen LogP contribution in [0.4, 0.5) is 0 Å². The third-order valence-corrected chi connectivity index (χ3v) is 6.75. The van der Waals surface area contributed by atoms with Crippen LogP contribution in [0.15, 0.2) is 35.2 Å². The van der Waals surface area contributed by atoms with Crippen LogP contribution in [-0.2, 0) is 24.3 Å². The van der Waals surface area contributed by atoms with Gasteiger partial charge in [0.05, 0.1) is 4.90 Å². The molecule has 154 valence electrons. The third kappa shape index (κ3) is 5.90. The standard InChI is InChI=1S/C20H28N2O5S/c1-3-22(4-2)28(25,26)18-11-8-17(9-12-18)10-13-20(24)27-16-19(23)21-14-6-5-7-15-21/h8-13H,3-7,14-16H2,1-2H3/b13-10+. The number of likely N-dealkylation sites (tertiary alicyclic amines) is 1. The Morgan fingerprint density at radius 3 is 2.25 bits per heavy atom. The van der Waals surface area contributed by atoms with E-state index in [1.807, 2.05) is 0 Å². The molecular weight excluding hydrogens is 380 g/mol. The number of carbonyl (C=O) groups is 2. The lowest BCUT2D eigenvalue weighted by Crippen LogP contribution is -2.38. The van der Waals surface area contributed by atoms with Crippen LogP contribution >= 0.6 is 0 Å². The third-order valence-electron chi connectivity index (χ3n) is 4.68. The van der Waals surface area contributed by atoms with Crippen molar-refractivity contribution in [2.75, 3.05) is 32.8 Å². The van der Waals surface area contributed by atoms with Gasteiger partial charge in [-0.15, -0.1) is 0 Å². The Bertz CT molecular complexity index is 792. The van der Waals surface area contributed by atoms with E-state index in [-0.39, 0.29) is 17.4 Å². The average Bonchev–Trinajstić information content (AvgIpc) is 2.72. The SMILES string of the molecule is CCN(CC)S(=O)(=O)c1ccc(/C=C/C(=O)OCC(=O)N2CCCCC2)cc1. The molecule has 0 radical (unpaired) electrons. The minimum atomic E-state index is -3.50. The summed E-state index contributed by atoms with van der Waals surface area (Å²) >= 11 is 0. The van der Waals surface area contributed by atoms with Crippen molar-refractivity contribution in [1.82, 2.24) is 9.21 Å². The Labute approximate surface area is 167 Å². The molecule has 1 aromatic rings. The van der Waals surface area contributed by atoms with Gasteiger partial charge in [-0.05, 0) is 43.0 Å². The van der Waals surface area contributed by atoms with Gasteiger partial charge in [-0.25, -0.2) is 13.2 Å². The molecule has 2 rings (SSSR count). The van der Waals surface area contributed by atoms with Gasteiger partial charge in [0.15, 0.2) is 6.61 Å². The van der Waals surface area contributed by atoms with E-state index < -0.39 is 16.0 Å². The van der Waals surface area contributed by atoms with E-state index >= 15 is 0 Å². The monoisotopic (exact) mass is 408 g/mol. The summed E-state index contributed by atoms with van der Waals surface area (Å²) in [6.07, 6.45) is 5.86. The van der Waals surface area contributed by atoms with Crippen LogP contribution in [0, 0.1) is 0 Å². The van der Waals surface area contributed by atoms with Crippen LogP contribution < -0.4 is 0 Å². The highest BCUT2D eigenvalue weighted by Gasteiger charge is 2.21. The molecule has 1 heterocycles. The van der Waals surface area contributed by atoms with Crippen LogP contribution in [-0.4, -0.2) is 62.3 Å². The fourth-order valence-electron chi connectivity index (χ4n) is 3.04. The Morgan fingerprint density at radius 1 is 1.07 bits per heavy atom. The van der Waals surface area contributed by atoms with Crippen molar-refractivity contribution in [3.63, 3.8) is 0 Å². The smallest absolute Gasteiger partial charge is 0.331 e. The number of rotatable bonds is 8. The Balaban J connectivity index is 1.89. The molecule has 0 aliphatic carbocycles. The van der Waals surface area contributed by atoms with Crippen molar-refractivity contribution in [3.05, 3.63) is 35.9 Å². The molecule has 0 aromatic heterocycles. The van der Waals surface area contributed by atoms with Gasteiger partial charge in [0.2, 0.25) is 10.0 Å². The summed E-state index contributed by atoms with van der Waals surface area (Å²) in [5.41, 5.74) is 0.665. The highest BCUT2D eigenvalue weighted by atomic mass is 32.2. The van der Waals surface area contributed by atoms with Crippen molar-refractivity contribution in [2.45, 2.75) is 38.0 Å². The lowest BCUT2D eigenvalue weighted by Gasteiger charge is -2.26. The zero-order valence-electron chi connectivity index (χ0n) is 16.5. The van der Waals surface area contributed by atoms with Crippen molar-refractivity contribution < 1.29 is 22.7 Å². The van der Waals surface area contributed by atoms with Gasteiger partial charge in [-0.1, -0.05) is 26.0 Å². The summed E-state index contributed by atoms with van der Waals surface area (Å²) in [7, 11) is -3.50. The number of esters is 1. The topological polar surface area (TPSA) is 84.0 Å². The second-order valence-electron chi connectivity index (χ2n) is 6.54. The van der Waals surface area contributed by atoms with Gasteiger partial charge < -0.3 is 9.64 Å². The lowest BCUT2D eigenvalue weighted by atomic mass is 10.1. The molecule has 8 heteroatoms. The largest absolute Gasteiger partial charge is 0.452 e. The van der Waals surface area contributed by atoms with E-state index in [4.69, 9.17) is 4.74 Å². The van der Waals surface area contributed by atoms with Crippen LogP contribution in [0.2, 0.25) is 0 Å². The molecule has 0 bridgehead atoms. The molecule has 0 atom stereocenters. The second-order valence-corrected chi connectivity index (χ2v) is 8.48. The fraction of sp³-hybridized carbons (Fsp3) is 0.500. The van der Waals surface area contributed by atoms with E-state index in [9.17, 15) is 18.0 Å². The van der Waals surface area contributed by atoms with Gasteiger partial charge in [0.25, 0.3) is 5.91 Å². The summed E-state index contributed by atoms with van der Waals surface area (Å²) in [6.45, 7) is 5.57. The molecule has 1 amide bonds. The number of carbonyl (C=O) groups excluding carboxylic acids is 2. The Hall–Kier alpha value is -2.19. The molecule has 1 fully saturated rings. The minimum Gasteiger partial charge on any atom is -0.452 e. The summed E-state index contributed by atoms with van der Waals surface area (Å²) < 4.78 is 31.3. The number of ether oxygens (including phenoxy) is 1. The van der Waals surface area contributed by atoms with Crippen LogP contribution in [0.3, 0.4) is 0 Å². The maximum absolute atomic E-state index is 12.4. The van der Waals surface area contributed by atoms with Gasteiger partial charge in [0.1, 0.15) is 0 Å². The normalized spacial score (nSPS) is 15.2. The van der Waals surface area contributed by atoms with Crippen LogP contribution in [0.25, 0.3) is 6.08 Å². The minimum absolute atomic E-state index is 0.174. The zero-order valence-corrected chi connectivity index (χ0v) is 17.3. The summed E-state index contributed by atoms with van der Waals surface area (Å²) in [5, 5.41) is 0. The number of sulfonamides is 1. The predicted molar refractivity (Wildman–Crippen MR) is 107 cm³/mol. The Kier molecular flexibility index (Phi) is 8.19. The first kappa shape index (κ1) is 22.1. The highest BCUT2D eigenvalue weighted by molar-refractivity contribution is 7.89. The van der Waals surface area contributed by atoms with Gasteiger partial charge in [-0.3, -0.25) is 4.79 Å². The molecule has 0 N–H and O–H groups in total. The maximum atomic E-state index is 12.4. The number of hydrogen-bond donors (Lipinski definition) is 0. The molecule has 7 nitrogen and oxygen atoms in total. The van der Waals surface area contributed by atoms with E-state index in [0.29, 0.717) is 18.7 Å². The molecule has 0 unspecified atom stereocenters. The van der Waals surface area contributed by atoms with E-state index in [1.165, 1.54) is 28.6 Å². The first-order valence-electron chi connectivity index (χ1n) is 9.61. The first-order chi connectivity index (χ1) is 13.4. The summed E-state index contributed by atoms with van der Waals surface area (Å²) in [6, 6.07) is 6.27.